The Labute approximate surface area is 113 Å². The van der Waals surface area contributed by atoms with Crippen LogP contribution in [0.4, 0.5) is 4.79 Å². The van der Waals surface area contributed by atoms with Crippen LogP contribution in [0.5, 0.6) is 0 Å². The molecule has 0 aromatic carbocycles. The molecule has 0 fully saturated rings. The van der Waals surface area contributed by atoms with Crippen LogP contribution >= 0.6 is 0 Å². The van der Waals surface area contributed by atoms with Gasteiger partial charge in [0.15, 0.2) is 0 Å². The predicted molar refractivity (Wildman–Crippen MR) is 70.5 cm³/mol. The maximum absolute atomic E-state index is 11.6. The van der Waals surface area contributed by atoms with Gasteiger partial charge in [0.2, 0.25) is 11.8 Å². The number of nitrogens with one attached hydrogen (secondary N) is 3. The third-order valence-electron chi connectivity index (χ3n) is 2.06. The molecule has 0 saturated heterocycles. The van der Waals surface area contributed by atoms with E-state index >= 15 is 0 Å². The second-order valence-corrected chi connectivity index (χ2v) is 5.08. The summed E-state index contributed by atoms with van der Waals surface area (Å²) in [5, 5.41) is 7.41. The first-order valence-electron chi connectivity index (χ1n) is 6.13. The van der Waals surface area contributed by atoms with Gasteiger partial charge in [-0.25, -0.2) is 4.79 Å². The van der Waals surface area contributed by atoms with E-state index in [1.165, 1.54) is 7.05 Å². The van der Waals surface area contributed by atoms with Crippen LogP contribution in [0.2, 0.25) is 0 Å². The fourth-order valence-electron chi connectivity index (χ4n) is 1.13. The lowest BCUT2D eigenvalue weighted by Gasteiger charge is -2.21. The van der Waals surface area contributed by atoms with Gasteiger partial charge in [-0.1, -0.05) is 0 Å². The fraction of sp³-hybridized carbons (Fsp3) is 0.750. The molecule has 0 aromatic heterocycles. The van der Waals surface area contributed by atoms with Gasteiger partial charge in [0.1, 0.15) is 11.6 Å². The van der Waals surface area contributed by atoms with E-state index in [1.807, 2.05) is 0 Å². The van der Waals surface area contributed by atoms with Crippen molar-refractivity contribution in [2.24, 2.45) is 0 Å². The van der Waals surface area contributed by atoms with E-state index in [1.54, 1.807) is 27.7 Å². The number of carbonyl (C=O) groups excluding carboxylic acids is 3. The zero-order valence-corrected chi connectivity index (χ0v) is 12.1. The van der Waals surface area contributed by atoms with Crippen molar-refractivity contribution >= 4 is 17.9 Å². The normalized spacial score (nSPS) is 12.3. The molecule has 0 spiro atoms. The molecule has 1 unspecified atom stereocenters. The van der Waals surface area contributed by atoms with E-state index in [0.717, 1.165) is 0 Å². The first-order chi connectivity index (χ1) is 8.65. The minimum Gasteiger partial charge on any atom is -0.444 e. The molecule has 0 bridgehead atoms. The van der Waals surface area contributed by atoms with Crippen LogP contribution < -0.4 is 16.0 Å². The third-order valence-corrected chi connectivity index (χ3v) is 2.06. The molecule has 7 nitrogen and oxygen atoms in total. The summed E-state index contributed by atoms with van der Waals surface area (Å²) in [6.07, 6.45) is -0.456. The molecule has 1 atom stereocenters. The monoisotopic (exact) mass is 273 g/mol. The summed E-state index contributed by atoms with van der Waals surface area (Å²) in [5.41, 5.74) is -0.612. The molecule has 0 aliphatic rings. The van der Waals surface area contributed by atoms with Crippen molar-refractivity contribution in [3.63, 3.8) is 0 Å². The van der Waals surface area contributed by atoms with E-state index in [9.17, 15) is 14.4 Å². The summed E-state index contributed by atoms with van der Waals surface area (Å²) in [4.78, 5) is 34.0. The second-order valence-electron chi connectivity index (χ2n) is 5.08. The van der Waals surface area contributed by atoms with Crippen LogP contribution in [-0.2, 0) is 14.3 Å². The Kier molecular flexibility index (Phi) is 6.89. The lowest BCUT2D eigenvalue weighted by molar-refractivity contribution is -0.123. The average Bonchev–Trinajstić information content (AvgIpc) is 2.25. The molecule has 7 heteroatoms. The Morgan fingerprint density at radius 2 is 1.79 bits per heavy atom. The molecule has 0 rings (SSSR count). The number of hydrogen-bond donors (Lipinski definition) is 3. The maximum Gasteiger partial charge on any atom is 0.408 e. The molecule has 0 aromatic rings. The molecule has 110 valence electrons. The van der Waals surface area contributed by atoms with Crippen molar-refractivity contribution in [2.45, 2.75) is 45.8 Å². The fourth-order valence-corrected chi connectivity index (χ4v) is 1.13. The summed E-state index contributed by atoms with van der Waals surface area (Å²) >= 11 is 0. The van der Waals surface area contributed by atoms with Gasteiger partial charge in [0.25, 0.3) is 0 Å². The lowest BCUT2D eigenvalue weighted by atomic mass is 10.2. The van der Waals surface area contributed by atoms with E-state index in [2.05, 4.69) is 16.0 Å². The highest BCUT2D eigenvalue weighted by molar-refractivity contribution is 5.85. The van der Waals surface area contributed by atoms with Gasteiger partial charge in [-0.3, -0.25) is 9.59 Å². The lowest BCUT2D eigenvalue weighted by Crippen LogP contribution is -2.47. The number of alkyl carbamates (subject to hydrolysis) is 1. The summed E-state index contributed by atoms with van der Waals surface area (Å²) in [6, 6.07) is -0.723. The Bertz CT molecular complexity index is 336. The van der Waals surface area contributed by atoms with Crippen LogP contribution in [0.3, 0.4) is 0 Å². The van der Waals surface area contributed by atoms with Gasteiger partial charge in [0, 0.05) is 20.0 Å². The highest BCUT2D eigenvalue weighted by atomic mass is 16.6. The second kappa shape index (κ2) is 7.60. The molecule has 0 saturated carbocycles. The van der Waals surface area contributed by atoms with Gasteiger partial charge in [-0.2, -0.15) is 0 Å². The first-order valence-corrected chi connectivity index (χ1v) is 6.13. The van der Waals surface area contributed by atoms with Crippen LogP contribution in [0, 0.1) is 0 Å². The SMILES string of the molecule is CNC(=O)CCNC(=O)C(C)NC(=O)OC(C)(C)C. The van der Waals surface area contributed by atoms with Gasteiger partial charge in [-0.15, -0.1) is 0 Å². The highest BCUT2D eigenvalue weighted by Gasteiger charge is 2.20. The number of rotatable bonds is 5. The summed E-state index contributed by atoms with van der Waals surface area (Å²) in [6.45, 7) is 6.97. The van der Waals surface area contributed by atoms with E-state index in [-0.39, 0.29) is 24.8 Å². The average molecular weight is 273 g/mol. The Hall–Kier alpha value is -1.79. The predicted octanol–water partition coefficient (Wildman–Crippen LogP) is 0.152. The topological polar surface area (TPSA) is 96.5 Å². The number of carbonyl (C=O) groups is 3. The summed E-state index contributed by atoms with van der Waals surface area (Å²) in [7, 11) is 1.52. The molecule has 0 aliphatic carbocycles. The summed E-state index contributed by atoms with van der Waals surface area (Å²) < 4.78 is 5.02. The van der Waals surface area contributed by atoms with Crippen LogP contribution in [0.15, 0.2) is 0 Å². The molecule has 19 heavy (non-hydrogen) atoms. The Morgan fingerprint density at radius 3 is 2.26 bits per heavy atom. The van der Waals surface area contributed by atoms with Gasteiger partial charge in [-0.05, 0) is 27.7 Å². The highest BCUT2D eigenvalue weighted by Crippen LogP contribution is 2.06. The maximum atomic E-state index is 11.6. The van der Waals surface area contributed by atoms with Crippen molar-refractivity contribution in [2.75, 3.05) is 13.6 Å². The van der Waals surface area contributed by atoms with Gasteiger partial charge >= 0.3 is 6.09 Å². The smallest absolute Gasteiger partial charge is 0.408 e. The molecule has 0 aliphatic heterocycles. The van der Waals surface area contributed by atoms with Crippen molar-refractivity contribution in [1.82, 2.24) is 16.0 Å². The third kappa shape index (κ3) is 8.87. The quantitative estimate of drug-likeness (QED) is 0.664. The zero-order chi connectivity index (χ0) is 15.1. The summed E-state index contributed by atoms with van der Waals surface area (Å²) in [5.74, 6) is -0.525. The van der Waals surface area contributed by atoms with Crippen LogP contribution in [-0.4, -0.2) is 43.1 Å². The van der Waals surface area contributed by atoms with Crippen molar-refractivity contribution in [1.29, 1.82) is 0 Å². The van der Waals surface area contributed by atoms with Gasteiger partial charge in [0.05, 0.1) is 0 Å². The van der Waals surface area contributed by atoms with Crippen molar-refractivity contribution in [3.8, 4) is 0 Å². The van der Waals surface area contributed by atoms with Crippen LogP contribution in [0.25, 0.3) is 0 Å². The van der Waals surface area contributed by atoms with Crippen molar-refractivity contribution < 1.29 is 19.1 Å². The molecule has 3 amide bonds. The Balaban J connectivity index is 4.00. The van der Waals surface area contributed by atoms with Crippen LogP contribution in [0.1, 0.15) is 34.1 Å². The Morgan fingerprint density at radius 1 is 1.21 bits per heavy atom. The van der Waals surface area contributed by atoms with Crippen molar-refractivity contribution in [3.05, 3.63) is 0 Å². The zero-order valence-electron chi connectivity index (χ0n) is 12.1. The van der Waals surface area contributed by atoms with E-state index in [0.29, 0.717) is 0 Å². The van der Waals surface area contributed by atoms with Gasteiger partial charge < -0.3 is 20.7 Å². The van der Waals surface area contributed by atoms with E-state index in [4.69, 9.17) is 4.74 Å². The molecule has 3 N–H and O–H groups in total. The molecule has 0 radical (unpaired) electrons. The minimum atomic E-state index is -0.723. The standard InChI is InChI=1S/C12H23N3O4/c1-8(15-11(18)19-12(2,3)4)10(17)14-7-6-9(16)13-5/h8H,6-7H2,1-5H3,(H,13,16)(H,14,17)(H,15,18). The molecular formula is C12H23N3O4. The van der Waals surface area contributed by atoms with E-state index < -0.39 is 17.7 Å². The minimum absolute atomic E-state index is 0.159. The molecular weight excluding hydrogens is 250 g/mol. The molecule has 0 heterocycles. The first kappa shape index (κ1) is 17.2. The number of amides is 3. The number of ether oxygens (including phenoxy) is 1. The number of hydrogen-bond acceptors (Lipinski definition) is 4. The largest absolute Gasteiger partial charge is 0.444 e.